The molecule has 0 saturated heterocycles. The van der Waals surface area contributed by atoms with E-state index in [1.807, 2.05) is 0 Å². The normalized spacial score (nSPS) is 10.9. The van der Waals surface area contributed by atoms with Crippen molar-refractivity contribution in [3.05, 3.63) is 46.5 Å². The molecule has 2 amide bonds. The molecule has 0 aliphatic heterocycles. The highest BCUT2D eigenvalue weighted by molar-refractivity contribution is 7.15. The van der Waals surface area contributed by atoms with Crippen molar-refractivity contribution in [1.82, 2.24) is 15.6 Å². The molecule has 0 aliphatic carbocycles. The van der Waals surface area contributed by atoms with Gasteiger partial charge < -0.3 is 27.2 Å². The standard InChI is InChI=1S/C17H20N6O4S.ClH/c1-9-14(22-17(28-9)23-16(18)19)15(27)20-8-12(24)21-11(7-13(25)26)10-5-3-2-4-6-10;/h2-6,11H,7-8H2,1H3,(H,20,27)(H,21,24)(H,25,26)(H4,18,19,22,23);1H. The van der Waals surface area contributed by atoms with Crippen LogP contribution in [-0.4, -0.2) is 40.4 Å². The third-order valence-electron chi connectivity index (χ3n) is 3.55. The molecule has 0 aliphatic rings. The number of guanidine groups is 1. The van der Waals surface area contributed by atoms with Crippen molar-refractivity contribution in [2.45, 2.75) is 19.4 Å². The molecule has 156 valence electrons. The van der Waals surface area contributed by atoms with E-state index in [1.165, 1.54) is 0 Å². The molecule has 1 aromatic carbocycles. The highest BCUT2D eigenvalue weighted by Crippen LogP contribution is 2.24. The fourth-order valence-corrected chi connectivity index (χ4v) is 3.15. The number of aryl methyl sites for hydroxylation is 1. The van der Waals surface area contributed by atoms with Gasteiger partial charge in [0.15, 0.2) is 5.96 Å². The summed E-state index contributed by atoms with van der Waals surface area (Å²) in [5.74, 6) is -2.31. The average molecular weight is 441 g/mol. The number of hydrogen-bond donors (Lipinski definition) is 5. The second-order valence-electron chi connectivity index (χ2n) is 5.75. The van der Waals surface area contributed by atoms with Gasteiger partial charge >= 0.3 is 5.97 Å². The lowest BCUT2D eigenvalue weighted by Gasteiger charge is -2.17. The van der Waals surface area contributed by atoms with Crippen molar-refractivity contribution in [3.8, 4) is 0 Å². The zero-order valence-corrected chi connectivity index (χ0v) is 17.0. The second-order valence-corrected chi connectivity index (χ2v) is 6.93. The van der Waals surface area contributed by atoms with Gasteiger partial charge in [-0.05, 0) is 12.5 Å². The van der Waals surface area contributed by atoms with Gasteiger partial charge in [-0.15, -0.1) is 12.4 Å². The molecule has 12 heteroatoms. The number of aromatic nitrogens is 1. The molecule has 2 rings (SSSR count). The molecule has 10 nitrogen and oxygen atoms in total. The Kier molecular flexibility index (Phi) is 9.03. The van der Waals surface area contributed by atoms with E-state index in [-0.39, 0.29) is 42.2 Å². The lowest BCUT2D eigenvalue weighted by atomic mass is 10.0. The van der Waals surface area contributed by atoms with E-state index in [0.29, 0.717) is 10.4 Å². The van der Waals surface area contributed by atoms with Crippen LogP contribution in [0.4, 0.5) is 5.13 Å². The number of amides is 2. The molecule has 2 aromatic rings. The third-order valence-corrected chi connectivity index (χ3v) is 4.42. The minimum absolute atomic E-state index is 0. The SMILES string of the molecule is Cc1sc(N=C(N)N)nc1C(=O)NCC(=O)NC(CC(=O)O)c1ccccc1.Cl. The van der Waals surface area contributed by atoms with Crippen molar-refractivity contribution in [2.75, 3.05) is 6.54 Å². The summed E-state index contributed by atoms with van der Waals surface area (Å²) in [7, 11) is 0. The van der Waals surface area contributed by atoms with Crippen LogP contribution < -0.4 is 22.1 Å². The van der Waals surface area contributed by atoms with E-state index in [0.717, 1.165) is 11.3 Å². The molecule has 0 saturated carbocycles. The minimum atomic E-state index is -1.05. The van der Waals surface area contributed by atoms with Crippen molar-refractivity contribution in [3.63, 3.8) is 0 Å². The summed E-state index contributed by atoms with van der Waals surface area (Å²) in [6, 6.07) is 8.01. The Balaban J connectivity index is 0.00000420. The molecule has 0 spiro atoms. The molecule has 29 heavy (non-hydrogen) atoms. The monoisotopic (exact) mass is 440 g/mol. The predicted octanol–water partition coefficient (Wildman–Crippen LogP) is 0.840. The van der Waals surface area contributed by atoms with Crippen LogP contribution in [0.15, 0.2) is 35.3 Å². The summed E-state index contributed by atoms with van der Waals surface area (Å²) < 4.78 is 0. The largest absolute Gasteiger partial charge is 0.481 e. The smallest absolute Gasteiger partial charge is 0.305 e. The first-order valence-corrected chi connectivity index (χ1v) is 8.99. The molecule has 7 N–H and O–H groups in total. The molecular formula is C17H21ClN6O4S. The molecule has 0 fully saturated rings. The number of carbonyl (C=O) groups is 3. The number of thiazole rings is 1. The molecule has 0 radical (unpaired) electrons. The number of carbonyl (C=O) groups excluding carboxylic acids is 2. The number of halogens is 1. The maximum Gasteiger partial charge on any atom is 0.305 e. The van der Waals surface area contributed by atoms with Gasteiger partial charge in [-0.25, -0.2) is 4.98 Å². The molecular weight excluding hydrogens is 420 g/mol. The van der Waals surface area contributed by atoms with E-state index in [2.05, 4.69) is 20.6 Å². The Labute approximate surface area is 176 Å². The summed E-state index contributed by atoms with van der Waals surface area (Å²) in [6.45, 7) is 1.34. The topological polar surface area (TPSA) is 173 Å². The van der Waals surface area contributed by atoms with Gasteiger partial charge in [0, 0.05) is 4.88 Å². The van der Waals surface area contributed by atoms with Gasteiger partial charge in [0.05, 0.1) is 19.0 Å². The van der Waals surface area contributed by atoms with E-state index >= 15 is 0 Å². The van der Waals surface area contributed by atoms with Gasteiger partial charge in [0.25, 0.3) is 5.91 Å². The number of aliphatic imine (C=N–C) groups is 1. The van der Waals surface area contributed by atoms with Crippen LogP contribution in [-0.2, 0) is 9.59 Å². The molecule has 1 heterocycles. The fraction of sp³-hybridized carbons (Fsp3) is 0.235. The maximum atomic E-state index is 12.3. The zero-order chi connectivity index (χ0) is 20.7. The average Bonchev–Trinajstić information content (AvgIpc) is 2.99. The van der Waals surface area contributed by atoms with Crippen molar-refractivity contribution in [1.29, 1.82) is 0 Å². The first-order chi connectivity index (χ1) is 13.3. The van der Waals surface area contributed by atoms with Crippen LogP contribution in [0.2, 0.25) is 0 Å². The zero-order valence-electron chi connectivity index (χ0n) is 15.4. The Hall–Kier alpha value is -3.18. The number of nitrogens with zero attached hydrogens (tertiary/aromatic N) is 2. The van der Waals surface area contributed by atoms with Crippen LogP contribution in [0, 0.1) is 6.92 Å². The summed E-state index contributed by atoms with van der Waals surface area (Å²) >= 11 is 1.13. The van der Waals surface area contributed by atoms with Gasteiger partial charge in [-0.2, -0.15) is 4.99 Å². The lowest BCUT2D eigenvalue weighted by molar-refractivity contribution is -0.137. The number of benzene rings is 1. The Bertz CT molecular complexity index is 899. The van der Waals surface area contributed by atoms with Crippen LogP contribution in [0.3, 0.4) is 0 Å². The van der Waals surface area contributed by atoms with Crippen LogP contribution in [0.25, 0.3) is 0 Å². The van der Waals surface area contributed by atoms with Gasteiger partial charge in [0.1, 0.15) is 5.69 Å². The van der Waals surface area contributed by atoms with Crippen LogP contribution in [0.5, 0.6) is 0 Å². The summed E-state index contributed by atoms with van der Waals surface area (Å²) in [4.78, 5) is 43.9. The lowest BCUT2D eigenvalue weighted by Crippen LogP contribution is -2.39. The summed E-state index contributed by atoms with van der Waals surface area (Å²) in [5, 5.41) is 14.4. The van der Waals surface area contributed by atoms with Crippen LogP contribution in [0.1, 0.15) is 33.4 Å². The first kappa shape index (κ1) is 23.9. The molecule has 1 aromatic heterocycles. The van der Waals surface area contributed by atoms with E-state index in [1.54, 1.807) is 37.3 Å². The molecule has 1 atom stereocenters. The van der Waals surface area contributed by atoms with Gasteiger partial charge in [-0.1, -0.05) is 41.7 Å². The third kappa shape index (κ3) is 7.39. The Morgan fingerprint density at radius 3 is 2.48 bits per heavy atom. The van der Waals surface area contributed by atoms with E-state index < -0.39 is 23.8 Å². The van der Waals surface area contributed by atoms with Crippen molar-refractivity contribution >= 4 is 52.6 Å². The number of rotatable bonds is 8. The number of aliphatic carboxylic acids is 1. The van der Waals surface area contributed by atoms with E-state index in [9.17, 15) is 14.4 Å². The van der Waals surface area contributed by atoms with Crippen molar-refractivity contribution < 1.29 is 19.5 Å². The number of nitrogens with one attached hydrogen (secondary N) is 2. The highest BCUT2D eigenvalue weighted by Gasteiger charge is 2.20. The van der Waals surface area contributed by atoms with E-state index in [4.69, 9.17) is 16.6 Å². The fourth-order valence-electron chi connectivity index (χ4n) is 2.35. The number of carboxylic acid groups (broad SMARTS) is 1. The van der Waals surface area contributed by atoms with Crippen molar-refractivity contribution in [2.24, 2.45) is 16.5 Å². The van der Waals surface area contributed by atoms with Gasteiger partial charge in [-0.3, -0.25) is 14.4 Å². The summed E-state index contributed by atoms with van der Waals surface area (Å²) in [5.41, 5.74) is 11.3. The second kappa shape index (κ2) is 11.0. The number of hydrogen-bond acceptors (Lipinski definition) is 6. The molecule has 0 bridgehead atoms. The number of carboxylic acids is 1. The Morgan fingerprint density at radius 2 is 1.90 bits per heavy atom. The Morgan fingerprint density at radius 1 is 1.24 bits per heavy atom. The predicted molar refractivity (Wildman–Crippen MR) is 111 cm³/mol. The maximum absolute atomic E-state index is 12.3. The summed E-state index contributed by atoms with van der Waals surface area (Å²) in [6.07, 6.45) is -0.281. The van der Waals surface area contributed by atoms with Crippen LogP contribution >= 0.6 is 23.7 Å². The first-order valence-electron chi connectivity index (χ1n) is 8.17. The number of nitrogens with two attached hydrogens (primary N) is 2. The highest BCUT2D eigenvalue weighted by atomic mass is 35.5. The quantitative estimate of drug-likeness (QED) is 0.298. The minimum Gasteiger partial charge on any atom is -0.481 e. The van der Waals surface area contributed by atoms with Gasteiger partial charge in [0.2, 0.25) is 11.0 Å². The molecule has 1 unspecified atom stereocenters.